The molecule has 14 heteroatoms. The number of ether oxygens (including phenoxy) is 2. The number of alkyl halides is 6. The molecule has 1 unspecified atom stereocenters. The van der Waals surface area contributed by atoms with E-state index >= 15 is 0 Å². The quantitative estimate of drug-likeness (QED) is 0.166. The van der Waals surface area contributed by atoms with E-state index in [2.05, 4.69) is 10.3 Å². The molecule has 238 valence electrons. The molecule has 0 aliphatic heterocycles. The summed E-state index contributed by atoms with van der Waals surface area (Å²) in [6.45, 7) is 5.46. The Hall–Kier alpha value is -4.33. The summed E-state index contributed by atoms with van der Waals surface area (Å²) in [4.78, 5) is 29.6. The summed E-state index contributed by atoms with van der Waals surface area (Å²) in [5.41, 5.74) is -5.34. The zero-order chi connectivity index (χ0) is 32.7. The third-order valence-corrected chi connectivity index (χ3v) is 6.58. The van der Waals surface area contributed by atoms with Crippen LogP contribution in [0.15, 0.2) is 60.8 Å². The van der Waals surface area contributed by atoms with Crippen molar-refractivity contribution >= 4 is 12.4 Å². The van der Waals surface area contributed by atoms with Crippen molar-refractivity contribution in [3.8, 4) is 17.4 Å². The molecule has 0 fully saturated rings. The number of rotatable bonds is 12. The second-order valence-electron chi connectivity index (χ2n) is 9.80. The Morgan fingerprint density at radius 1 is 1.05 bits per heavy atom. The zero-order valence-electron chi connectivity index (χ0n) is 24.0. The lowest BCUT2D eigenvalue weighted by Gasteiger charge is -2.33. The van der Waals surface area contributed by atoms with Gasteiger partial charge in [0.2, 0.25) is 12.3 Å². The molecule has 2 N–H and O–H groups in total. The maximum absolute atomic E-state index is 13.4. The van der Waals surface area contributed by atoms with Gasteiger partial charge in [-0.1, -0.05) is 37.6 Å². The second kappa shape index (κ2) is 14.0. The highest BCUT2D eigenvalue weighted by atomic mass is 19.4. The van der Waals surface area contributed by atoms with Crippen molar-refractivity contribution in [2.45, 2.75) is 64.2 Å². The summed E-state index contributed by atoms with van der Waals surface area (Å²) < 4.78 is 91.6. The van der Waals surface area contributed by atoms with Crippen LogP contribution in [0.3, 0.4) is 0 Å². The Balaban J connectivity index is 1.78. The van der Waals surface area contributed by atoms with Crippen molar-refractivity contribution in [2.24, 2.45) is 0 Å². The fourth-order valence-electron chi connectivity index (χ4n) is 4.28. The molecule has 0 aliphatic carbocycles. The molecule has 1 aromatic heterocycles. The van der Waals surface area contributed by atoms with Gasteiger partial charge in [-0.15, -0.1) is 0 Å². The summed E-state index contributed by atoms with van der Waals surface area (Å²) in [6, 6.07) is 10.3. The van der Waals surface area contributed by atoms with Crippen molar-refractivity contribution in [1.82, 2.24) is 15.2 Å². The lowest BCUT2D eigenvalue weighted by Crippen LogP contribution is -2.53. The Bertz CT molecular complexity index is 1420. The fraction of sp³-hybridized carbons (Fsp3) is 0.367. The summed E-state index contributed by atoms with van der Waals surface area (Å²) in [6.07, 6.45) is -9.77. The maximum atomic E-state index is 13.4. The predicted molar refractivity (Wildman–Crippen MR) is 147 cm³/mol. The molecule has 2 aromatic carbocycles. The number of carbonyl (C=O) groups excluding carboxylic acids is 2. The van der Waals surface area contributed by atoms with Crippen LogP contribution in [-0.4, -0.2) is 46.4 Å². The third-order valence-electron chi connectivity index (χ3n) is 6.58. The van der Waals surface area contributed by atoms with Gasteiger partial charge in [0, 0.05) is 17.8 Å². The van der Waals surface area contributed by atoms with E-state index in [0.717, 1.165) is 11.0 Å². The number of aromatic nitrogens is 1. The molecule has 0 saturated carbocycles. The molecule has 3 aromatic rings. The largest absolute Gasteiger partial charge is 0.478 e. The first-order valence-electron chi connectivity index (χ1n) is 13.5. The molecule has 1 atom stereocenters. The molecule has 3 rings (SSSR count). The average molecular weight is 628 g/mol. The minimum atomic E-state index is -6.02. The van der Waals surface area contributed by atoms with Crippen molar-refractivity contribution < 1.29 is 50.5 Å². The summed E-state index contributed by atoms with van der Waals surface area (Å²) in [5.74, 6) is 0.546. The average Bonchev–Trinajstić information content (AvgIpc) is 2.96. The first kappa shape index (κ1) is 34.2. The van der Waals surface area contributed by atoms with Gasteiger partial charge in [0.25, 0.3) is 5.60 Å². The lowest BCUT2D eigenvalue weighted by atomic mass is 9.90. The highest BCUT2D eigenvalue weighted by Crippen LogP contribution is 2.50. The monoisotopic (exact) mass is 627 g/mol. The molecular formula is C30H31F6N3O5. The minimum absolute atomic E-state index is 0.00832. The number of nitrogens with one attached hydrogen (secondary N) is 1. The third kappa shape index (κ3) is 7.78. The lowest BCUT2D eigenvalue weighted by molar-refractivity contribution is -0.376. The van der Waals surface area contributed by atoms with Gasteiger partial charge in [-0.25, -0.2) is 9.78 Å². The van der Waals surface area contributed by atoms with E-state index in [1.54, 1.807) is 38.1 Å². The van der Waals surface area contributed by atoms with Crippen LogP contribution in [0.4, 0.5) is 31.1 Å². The van der Waals surface area contributed by atoms with Crippen LogP contribution in [-0.2, 0) is 23.4 Å². The van der Waals surface area contributed by atoms with E-state index in [1.165, 1.54) is 18.3 Å². The van der Waals surface area contributed by atoms with Crippen molar-refractivity contribution in [1.29, 1.82) is 0 Å². The molecule has 0 radical (unpaired) electrons. The summed E-state index contributed by atoms with van der Waals surface area (Å²) >= 11 is 0. The highest BCUT2D eigenvalue weighted by Gasteiger charge is 2.71. The number of nitrogens with zero attached hydrogens (tertiary/aromatic N) is 2. The first-order chi connectivity index (χ1) is 20.6. The number of halogens is 6. The Morgan fingerprint density at radius 2 is 1.75 bits per heavy atom. The van der Waals surface area contributed by atoms with Gasteiger partial charge in [-0.2, -0.15) is 26.3 Å². The molecule has 1 heterocycles. The van der Waals surface area contributed by atoms with E-state index in [0.29, 0.717) is 48.6 Å². The Labute approximate surface area is 249 Å². The number of carbonyl (C=O) groups is 2. The van der Waals surface area contributed by atoms with E-state index in [1.807, 2.05) is 6.92 Å². The van der Waals surface area contributed by atoms with E-state index in [9.17, 15) is 41.0 Å². The van der Waals surface area contributed by atoms with E-state index in [-0.39, 0.29) is 30.0 Å². The van der Waals surface area contributed by atoms with Crippen molar-refractivity contribution in [3.05, 3.63) is 83.0 Å². The number of benzene rings is 2. The standard InChI is InChI=1S/C30H31F6N3O5/c1-4-7-21-15-23(28(42,29(31,32)33)30(34,35)36)11-12-25(21)44-24-9-6-8-20(14-24)17-39(18-40)27(41)38-19(3)22-10-13-26(37-16-22)43-5-2/h6,8-16,18-19,42H,4-5,7,17H2,1-3H3,(H,38,41). The second-order valence-corrected chi connectivity index (χ2v) is 9.80. The number of pyridine rings is 1. The van der Waals surface area contributed by atoms with Gasteiger partial charge in [-0.3, -0.25) is 9.69 Å². The molecule has 0 saturated heterocycles. The van der Waals surface area contributed by atoms with Crippen LogP contribution in [0.25, 0.3) is 0 Å². The van der Waals surface area contributed by atoms with Gasteiger partial charge in [0.1, 0.15) is 11.5 Å². The van der Waals surface area contributed by atoms with Crippen molar-refractivity contribution in [2.75, 3.05) is 6.61 Å². The van der Waals surface area contributed by atoms with Gasteiger partial charge in [0.15, 0.2) is 0 Å². The number of amides is 3. The first-order valence-corrected chi connectivity index (χ1v) is 13.5. The number of aliphatic hydroxyl groups is 1. The molecule has 0 aliphatic rings. The van der Waals surface area contributed by atoms with Crippen LogP contribution < -0.4 is 14.8 Å². The number of aryl methyl sites for hydroxylation is 1. The molecule has 8 nitrogen and oxygen atoms in total. The predicted octanol–water partition coefficient (Wildman–Crippen LogP) is 6.97. The van der Waals surface area contributed by atoms with E-state index < -0.39 is 35.6 Å². The number of hydrogen-bond acceptors (Lipinski definition) is 6. The summed E-state index contributed by atoms with van der Waals surface area (Å²) in [7, 11) is 0. The Kier molecular flexibility index (Phi) is 10.8. The SMILES string of the molecule is CCCc1cc(C(O)(C(F)(F)F)C(F)(F)F)ccc1Oc1cccc(CN(C=O)C(=O)NC(C)c2ccc(OCC)nc2)c1. The van der Waals surface area contributed by atoms with Gasteiger partial charge >= 0.3 is 18.4 Å². The number of imide groups is 1. The highest BCUT2D eigenvalue weighted by molar-refractivity contribution is 5.84. The van der Waals surface area contributed by atoms with Crippen LogP contribution >= 0.6 is 0 Å². The topological polar surface area (TPSA) is 101 Å². The van der Waals surface area contributed by atoms with Crippen molar-refractivity contribution in [3.63, 3.8) is 0 Å². The van der Waals surface area contributed by atoms with Crippen LogP contribution in [0, 0.1) is 0 Å². The van der Waals surface area contributed by atoms with Gasteiger partial charge in [0.05, 0.1) is 19.2 Å². The molecule has 44 heavy (non-hydrogen) atoms. The Morgan fingerprint density at radius 3 is 2.32 bits per heavy atom. The normalized spacial score (nSPS) is 12.8. The fourth-order valence-corrected chi connectivity index (χ4v) is 4.28. The molecule has 0 bridgehead atoms. The van der Waals surface area contributed by atoms with E-state index in [4.69, 9.17) is 9.47 Å². The van der Waals surface area contributed by atoms with Crippen LogP contribution in [0.1, 0.15) is 55.5 Å². The zero-order valence-corrected chi connectivity index (χ0v) is 24.0. The van der Waals surface area contributed by atoms with Crippen LogP contribution in [0.5, 0.6) is 17.4 Å². The van der Waals surface area contributed by atoms with Gasteiger partial charge in [-0.05, 0) is 61.2 Å². The smallest absolute Gasteiger partial charge is 0.430 e. The molecule has 0 spiro atoms. The van der Waals surface area contributed by atoms with Crippen LogP contribution in [0.2, 0.25) is 0 Å². The minimum Gasteiger partial charge on any atom is -0.478 e. The maximum Gasteiger partial charge on any atom is 0.430 e. The number of hydrogen-bond donors (Lipinski definition) is 2. The van der Waals surface area contributed by atoms with Gasteiger partial charge < -0.3 is 19.9 Å². The number of urea groups is 1. The molecular weight excluding hydrogens is 596 g/mol. The molecule has 3 amide bonds. The summed E-state index contributed by atoms with van der Waals surface area (Å²) in [5, 5.41) is 12.5.